The predicted molar refractivity (Wildman–Crippen MR) is 53.9 cm³/mol. The molecule has 1 N–H and O–H groups in total. The van der Waals surface area contributed by atoms with Gasteiger partial charge < -0.3 is 10.1 Å². The summed E-state index contributed by atoms with van der Waals surface area (Å²) in [5, 5.41) is 3.25. The Kier molecular flexibility index (Phi) is 2.77. The lowest BCUT2D eigenvalue weighted by atomic mass is 9.62. The topological polar surface area (TPSA) is 38.3 Å². The van der Waals surface area contributed by atoms with Crippen LogP contribution in [0, 0.1) is 5.41 Å². The molecule has 1 saturated heterocycles. The molecule has 1 atom stereocenters. The number of esters is 1. The average Bonchev–Trinajstić information content (AvgIpc) is 2.16. The van der Waals surface area contributed by atoms with Crippen molar-refractivity contribution in [1.82, 2.24) is 5.32 Å². The van der Waals surface area contributed by atoms with Crippen LogP contribution in [0.15, 0.2) is 0 Å². The molecule has 0 bridgehead atoms. The second-order valence-corrected chi connectivity index (χ2v) is 4.57. The third-order valence-corrected chi connectivity index (χ3v) is 3.67. The molecule has 2 aliphatic rings. The maximum absolute atomic E-state index is 11.5. The number of nitrogens with one attached hydrogen (secondary N) is 1. The van der Waals surface area contributed by atoms with E-state index in [1.54, 1.807) is 0 Å². The van der Waals surface area contributed by atoms with Gasteiger partial charge in [0.2, 0.25) is 0 Å². The van der Waals surface area contributed by atoms with Gasteiger partial charge in [-0.3, -0.25) is 4.79 Å². The third-order valence-electron chi connectivity index (χ3n) is 3.67. The Morgan fingerprint density at radius 1 is 1.50 bits per heavy atom. The van der Waals surface area contributed by atoms with Crippen LogP contribution in [0.4, 0.5) is 0 Å². The molecule has 80 valence electrons. The van der Waals surface area contributed by atoms with Crippen LogP contribution in [0.25, 0.3) is 0 Å². The summed E-state index contributed by atoms with van der Waals surface area (Å²) in [6.07, 6.45) is 6.19. The number of hydrogen-bond acceptors (Lipinski definition) is 3. The maximum Gasteiger partial charge on any atom is 0.323 e. The maximum atomic E-state index is 11.5. The summed E-state index contributed by atoms with van der Waals surface area (Å²) in [7, 11) is 0. The largest absolute Gasteiger partial charge is 0.465 e. The van der Waals surface area contributed by atoms with Gasteiger partial charge in [0.15, 0.2) is 0 Å². The Morgan fingerprint density at radius 2 is 2.29 bits per heavy atom. The lowest BCUT2D eigenvalue weighted by Gasteiger charge is -2.47. The summed E-state index contributed by atoms with van der Waals surface area (Å²) in [5.74, 6) is -0.0570. The molecule has 1 spiro atoms. The van der Waals surface area contributed by atoms with Gasteiger partial charge in [0.25, 0.3) is 0 Å². The Morgan fingerprint density at radius 3 is 2.86 bits per heavy atom. The van der Waals surface area contributed by atoms with Crippen LogP contribution >= 0.6 is 0 Å². The number of hydrogen-bond donors (Lipinski definition) is 1. The van der Waals surface area contributed by atoms with Crippen molar-refractivity contribution in [3.05, 3.63) is 0 Å². The van der Waals surface area contributed by atoms with E-state index < -0.39 is 0 Å². The molecular weight excluding hydrogens is 178 g/mol. The zero-order valence-electron chi connectivity index (χ0n) is 8.84. The number of ether oxygens (including phenoxy) is 1. The van der Waals surface area contributed by atoms with Crippen LogP contribution in [-0.4, -0.2) is 25.2 Å². The van der Waals surface area contributed by atoms with E-state index in [0.717, 1.165) is 13.0 Å². The minimum absolute atomic E-state index is 0.0380. The summed E-state index contributed by atoms with van der Waals surface area (Å²) in [5.41, 5.74) is 0.489. The second kappa shape index (κ2) is 3.89. The first kappa shape index (κ1) is 9.97. The fourth-order valence-corrected chi connectivity index (χ4v) is 2.66. The van der Waals surface area contributed by atoms with E-state index in [0.29, 0.717) is 12.0 Å². The van der Waals surface area contributed by atoms with E-state index in [2.05, 4.69) is 5.32 Å². The SMILES string of the molecule is CCOC(=O)C1CC2(CCC2)CCN1. The van der Waals surface area contributed by atoms with E-state index in [1.165, 1.54) is 25.7 Å². The minimum Gasteiger partial charge on any atom is -0.465 e. The third kappa shape index (κ3) is 1.78. The van der Waals surface area contributed by atoms with Crippen LogP contribution in [0.2, 0.25) is 0 Å². The molecule has 14 heavy (non-hydrogen) atoms. The van der Waals surface area contributed by atoms with E-state index in [9.17, 15) is 4.79 Å². The number of piperidine rings is 1. The van der Waals surface area contributed by atoms with Gasteiger partial charge in [-0.1, -0.05) is 6.42 Å². The first-order valence-corrected chi connectivity index (χ1v) is 5.66. The van der Waals surface area contributed by atoms with E-state index >= 15 is 0 Å². The monoisotopic (exact) mass is 197 g/mol. The molecule has 1 heterocycles. The van der Waals surface area contributed by atoms with Crippen LogP contribution in [-0.2, 0) is 9.53 Å². The molecule has 2 fully saturated rings. The van der Waals surface area contributed by atoms with E-state index in [1.807, 2.05) is 6.92 Å². The number of carbonyl (C=O) groups excluding carboxylic acids is 1. The molecule has 0 aromatic rings. The lowest BCUT2D eigenvalue weighted by Crippen LogP contribution is -2.51. The Balaban J connectivity index is 1.90. The summed E-state index contributed by atoms with van der Waals surface area (Å²) >= 11 is 0. The highest BCUT2D eigenvalue weighted by Gasteiger charge is 2.43. The van der Waals surface area contributed by atoms with Crippen molar-refractivity contribution in [3.8, 4) is 0 Å². The summed E-state index contributed by atoms with van der Waals surface area (Å²) in [6, 6.07) is -0.0380. The van der Waals surface area contributed by atoms with Crippen molar-refractivity contribution in [1.29, 1.82) is 0 Å². The van der Waals surface area contributed by atoms with Crippen molar-refractivity contribution in [2.24, 2.45) is 5.41 Å². The van der Waals surface area contributed by atoms with Gasteiger partial charge in [0.05, 0.1) is 6.61 Å². The normalized spacial score (nSPS) is 29.6. The minimum atomic E-state index is -0.0570. The first-order valence-electron chi connectivity index (χ1n) is 5.66. The van der Waals surface area contributed by atoms with E-state index in [-0.39, 0.29) is 12.0 Å². The molecule has 0 radical (unpaired) electrons. The molecule has 1 unspecified atom stereocenters. The molecule has 0 amide bonds. The summed E-state index contributed by atoms with van der Waals surface area (Å²) in [4.78, 5) is 11.5. The quantitative estimate of drug-likeness (QED) is 0.681. The van der Waals surface area contributed by atoms with Crippen LogP contribution in [0.5, 0.6) is 0 Å². The Labute approximate surface area is 85.2 Å². The Hall–Kier alpha value is -0.570. The van der Waals surface area contributed by atoms with Crippen molar-refractivity contribution in [3.63, 3.8) is 0 Å². The average molecular weight is 197 g/mol. The van der Waals surface area contributed by atoms with Crippen LogP contribution in [0.3, 0.4) is 0 Å². The van der Waals surface area contributed by atoms with Gasteiger partial charge in [0, 0.05) is 0 Å². The Bertz CT molecular complexity index is 223. The second-order valence-electron chi connectivity index (χ2n) is 4.57. The van der Waals surface area contributed by atoms with Gasteiger partial charge in [-0.05, 0) is 44.6 Å². The van der Waals surface area contributed by atoms with Crippen LogP contribution < -0.4 is 5.32 Å². The smallest absolute Gasteiger partial charge is 0.323 e. The first-order chi connectivity index (χ1) is 6.76. The van der Waals surface area contributed by atoms with Crippen molar-refractivity contribution < 1.29 is 9.53 Å². The molecule has 0 aromatic heterocycles. The predicted octanol–water partition coefficient (Wildman–Crippen LogP) is 1.47. The van der Waals surface area contributed by atoms with Crippen molar-refractivity contribution >= 4 is 5.97 Å². The highest BCUT2D eigenvalue weighted by molar-refractivity contribution is 5.76. The standard InChI is InChI=1S/C11H19NO2/c1-2-14-10(13)9-8-11(4-3-5-11)6-7-12-9/h9,12H,2-8H2,1H3. The molecule has 1 aliphatic heterocycles. The molecule has 0 aromatic carbocycles. The zero-order chi connectivity index (χ0) is 10.0. The van der Waals surface area contributed by atoms with Gasteiger partial charge in [-0.15, -0.1) is 0 Å². The van der Waals surface area contributed by atoms with Gasteiger partial charge in [-0.25, -0.2) is 0 Å². The highest BCUT2D eigenvalue weighted by atomic mass is 16.5. The molecule has 1 saturated carbocycles. The number of carbonyl (C=O) groups is 1. The molecule has 3 heteroatoms. The van der Waals surface area contributed by atoms with Gasteiger partial charge >= 0.3 is 5.97 Å². The number of rotatable bonds is 2. The molecule has 1 aliphatic carbocycles. The summed E-state index contributed by atoms with van der Waals surface area (Å²) in [6.45, 7) is 3.33. The molecule has 2 rings (SSSR count). The van der Waals surface area contributed by atoms with Crippen molar-refractivity contribution in [2.45, 2.75) is 45.1 Å². The summed E-state index contributed by atoms with van der Waals surface area (Å²) < 4.78 is 5.04. The van der Waals surface area contributed by atoms with Crippen LogP contribution in [0.1, 0.15) is 39.0 Å². The van der Waals surface area contributed by atoms with Crippen molar-refractivity contribution in [2.75, 3.05) is 13.2 Å². The van der Waals surface area contributed by atoms with E-state index in [4.69, 9.17) is 4.74 Å². The lowest BCUT2D eigenvalue weighted by molar-refractivity contribution is -0.148. The van der Waals surface area contributed by atoms with Gasteiger partial charge in [0.1, 0.15) is 6.04 Å². The van der Waals surface area contributed by atoms with Gasteiger partial charge in [-0.2, -0.15) is 0 Å². The molecular formula is C11H19NO2. The fraction of sp³-hybridized carbons (Fsp3) is 0.909. The highest BCUT2D eigenvalue weighted by Crippen LogP contribution is 2.48. The zero-order valence-corrected chi connectivity index (χ0v) is 8.84. The fourth-order valence-electron chi connectivity index (χ4n) is 2.66. The molecule has 3 nitrogen and oxygen atoms in total.